The maximum Gasteiger partial charge on any atom is 0.348 e. The van der Waals surface area contributed by atoms with Crippen LogP contribution in [0.25, 0.3) is 0 Å². The summed E-state index contributed by atoms with van der Waals surface area (Å²) in [7, 11) is 0. The zero-order valence-corrected chi connectivity index (χ0v) is 13.9. The summed E-state index contributed by atoms with van der Waals surface area (Å²) in [5.41, 5.74) is 1.36. The van der Waals surface area contributed by atoms with Gasteiger partial charge in [0, 0.05) is 5.56 Å². The molecule has 1 amide bonds. The number of nitrogens with zero attached hydrogens (tertiary/aromatic N) is 2. The van der Waals surface area contributed by atoms with Crippen molar-refractivity contribution in [2.45, 2.75) is 13.8 Å². The molecule has 0 unspecified atom stereocenters. The van der Waals surface area contributed by atoms with Gasteiger partial charge in [-0.1, -0.05) is 6.07 Å². The van der Waals surface area contributed by atoms with Gasteiger partial charge in [-0.3, -0.25) is 4.79 Å². The van der Waals surface area contributed by atoms with Crippen LogP contribution >= 0.6 is 11.3 Å². The third-order valence-corrected chi connectivity index (χ3v) is 4.39. The number of nitriles is 2. The molecule has 2 rings (SSSR count). The summed E-state index contributed by atoms with van der Waals surface area (Å²) in [6.45, 7) is 3.55. The molecule has 0 atom stereocenters. The lowest BCUT2D eigenvalue weighted by atomic mass is 10.1. The highest BCUT2D eigenvalue weighted by Gasteiger charge is 2.22. The molecule has 24 heavy (non-hydrogen) atoms. The fourth-order valence-electron chi connectivity index (χ4n) is 2.03. The molecule has 0 saturated heterocycles. The minimum atomic E-state index is -0.525. The van der Waals surface area contributed by atoms with Crippen molar-refractivity contribution in [1.82, 2.24) is 0 Å². The van der Waals surface area contributed by atoms with Crippen molar-refractivity contribution < 1.29 is 14.3 Å². The highest BCUT2D eigenvalue weighted by Crippen LogP contribution is 2.33. The zero-order chi connectivity index (χ0) is 17.7. The number of ether oxygens (including phenoxy) is 1. The lowest BCUT2D eigenvalue weighted by Crippen LogP contribution is -2.11. The molecule has 2 aromatic rings. The number of rotatable bonds is 4. The van der Waals surface area contributed by atoms with Crippen LogP contribution < -0.4 is 5.32 Å². The van der Waals surface area contributed by atoms with E-state index in [0.29, 0.717) is 16.7 Å². The van der Waals surface area contributed by atoms with Crippen molar-refractivity contribution in [2.75, 3.05) is 11.9 Å². The maximum atomic E-state index is 12.3. The summed E-state index contributed by atoms with van der Waals surface area (Å²) < 4.78 is 4.95. The molecule has 6 nitrogen and oxygen atoms in total. The first kappa shape index (κ1) is 17.2. The van der Waals surface area contributed by atoms with E-state index in [1.165, 1.54) is 6.07 Å². The first-order chi connectivity index (χ1) is 11.5. The summed E-state index contributed by atoms with van der Waals surface area (Å²) in [6.07, 6.45) is 0. The normalized spacial score (nSPS) is 9.67. The van der Waals surface area contributed by atoms with Crippen LogP contribution in [0, 0.1) is 29.6 Å². The molecule has 0 aliphatic carbocycles. The summed E-state index contributed by atoms with van der Waals surface area (Å²) in [5, 5.41) is 21.1. The van der Waals surface area contributed by atoms with Crippen molar-refractivity contribution in [1.29, 1.82) is 10.5 Å². The highest BCUT2D eigenvalue weighted by atomic mass is 32.1. The number of nitrogens with one attached hydrogen (secondary N) is 1. The Morgan fingerprint density at radius 2 is 2.04 bits per heavy atom. The highest BCUT2D eigenvalue weighted by molar-refractivity contribution is 7.18. The number of hydrogen-bond acceptors (Lipinski definition) is 6. The molecule has 1 aromatic carbocycles. The van der Waals surface area contributed by atoms with Gasteiger partial charge in [0.2, 0.25) is 0 Å². The SMILES string of the molecule is CCOC(=O)c1sc(NC(=O)c2cccc(C#N)c2)c(C#N)c1C. The lowest BCUT2D eigenvalue weighted by Gasteiger charge is -2.03. The Bertz CT molecular complexity index is 887. The van der Waals surface area contributed by atoms with E-state index < -0.39 is 11.9 Å². The fourth-order valence-corrected chi connectivity index (χ4v) is 3.08. The monoisotopic (exact) mass is 339 g/mol. The summed E-state index contributed by atoms with van der Waals surface area (Å²) in [6, 6.07) is 10.2. The first-order valence-electron chi connectivity index (χ1n) is 7.03. The molecule has 120 valence electrons. The van der Waals surface area contributed by atoms with E-state index >= 15 is 0 Å². The number of amides is 1. The molecular weight excluding hydrogens is 326 g/mol. The number of esters is 1. The third-order valence-electron chi connectivity index (χ3n) is 3.20. The smallest absolute Gasteiger partial charge is 0.348 e. The van der Waals surface area contributed by atoms with E-state index in [-0.39, 0.29) is 22.0 Å². The molecule has 0 spiro atoms. The van der Waals surface area contributed by atoms with Gasteiger partial charge in [-0.15, -0.1) is 11.3 Å². The first-order valence-corrected chi connectivity index (χ1v) is 7.85. The van der Waals surface area contributed by atoms with Crippen molar-refractivity contribution in [3.63, 3.8) is 0 Å². The summed E-state index contributed by atoms with van der Waals surface area (Å²) in [5.74, 6) is -0.983. The number of carbonyl (C=O) groups is 2. The minimum absolute atomic E-state index is 0.223. The summed E-state index contributed by atoms with van der Waals surface area (Å²) >= 11 is 0.998. The fraction of sp³-hybridized carbons (Fsp3) is 0.176. The van der Waals surface area contributed by atoms with Crippen LogP contribution in [0.4, 0.5) is 5.00 Å². The average Bonchev–Trinajstić information content (AvgIpc) is 2.90. The van der Waals surface area contributed by atoms with Gasteiger partial charge in [-0.2, -0.15) is 10.5 Å². The molecule has 1 aromatic heterocycles. The Kier molecular flexibility index (Phi) is 5.31. The van der Waals surface area contributed by atoms with Gasteiger partial charge in [0.15, 0.2) is 0 Å². The molecule has 0 radical (unpaired) electrons. The second kappa shape index (κ2) is 7.40. The standard InChI is InChI=1S/C17H13N3O3S/c1-3-23-17(22)14-10(2)13(9-19)16(24-14)20-15(21)12-6-4-5-11(7-12)8-18/h4-7H,3H2,1-2H3,(H,20,21). The molecule has 1 heterocycles. The maximum absolute atomic E-state index is 12.3. The number of thiophene rings is 1. The largest absolute Gasteiger partial charge is 0.462 e. The van der Waals surface area contributed by atoms with Crippen LogP contribution in [0.2, 0.25) is 0 Å². The van der Waals surface area contributed by atoms with Gasteiger partial charge in [-0.05, 0) is 37.6 Å². The zero-order valence-electron chi connectivity index (χ0n) is 13.0. The number of hydrogen-bond donors (Lipinski definition) is 1. The van der Waals surface area contributed by atoms with Gasteiger partial charge < -0.3 is 10.1 Å². The molecule has 0 aliphatic heterocycles. The molecular formula is C17H13N3O3S. The topological polar surface area (TPSA) is 103 Å². The molecule has 0 fully saturated rings. The van der Waals surface area contributed by atoms with E-state index in [0.717, 1.165) is 11.3 Å². The van der Waals surface area contributed by atoms with Crippen molar-refractivity contribution >= 4 is 28.2 Å². The van der Waals surface area contributed by atoms with Gasteiger partial charge in [0.1, 0.15) is 15.9 Å². The van der Waals surface area contributed by atoms with Crippen molar-refractivity contribution in [3.05, 3.63) is 51.4 Å². The quantitative estimate of drug-likeness (QED) is 0.861. The van der Waals surface area contributed by atoms with Gasteiger partial charge in [-0.25, -0.2) is 4.79 Å². The van der Waals surface area contributed by atoms with Crippen LogP contribution in [0.3, 0.4) is 0 Å². The van der Waals surface area contributed by atoms with Crippen LogP contribution in [0.1, 0.15) is 43.6 Å². The second-order valence-corrected chi connectivity index (χ2v) is 5.76. The molecule has 7 heteroatoms. The van der Waals surface area contributed by atoms with E-state index in [2.05, 4.69) is 5.32 Å². The van der Waals surface area contributed by atoms with E-state index in [9.17, 15) is 14.9 Å². The molecule has 0 saturated carbocycles. The van der Waals surface area contributed by atoms with Crippen LogP contribution in [0.5, 0.6) is 0 Å². The Balaban J connectivity index is 2.34. The van der Waals surface area contributed by atoms with Crippen LogP contribution in [-0.2, 0) is 4.74 Å². The van der Waals surface area contributed by atoms with Gasteiger partial charge >= 0.3 is 5.97 Å². The second-order valence-electron chi connectivity index (χ2n) is 4.74. The average molecular weight is 339 g/mol. The molecule has 0 aliphatic rings. The Morgan fingerprint density at radius 1 is 1.29 bits per heavy atom. The predicted octanol–water partition coefficient (Wildman–Crippen LogP) is 3.23. The van der Waals surface area contributed by atoms with E-state index in [4.69, 9.17) is 10.00 Å². The van der Waals surface area contributed by atoms with Gasteiger partial charge in [0.25, 0.3) is 5.91 Å². The van der Waals surface area contributed by atoms with Crippen molar-refractivity contribution in [3.8, 4) is 12.1 Å². The van der Waals surface area contributed by atoms with Crippen LogP contribution in [0.15, 0.2) is 24.3 Å². The predicted molar refractivity (Wildman–Crippen MR) is 88.8 cm³/mol. The molecule has 1 N–H and O–H groups in total. The third kappa shape index (κ3) is 3.43. The number of benzene rings is 1. The summed E-state index contributed by atoms with van der Waals surface area (Å²) in [4.78, 5) is 24.5. The van der Waals surface area contributed by atoms with E-state index in [1.54, 1.807) is 32.0 Å². The molecule has 0 bridgehead atoms. The lowest BCUT2D eigenvalue weighted by molar-refractivity contribution is 0.0531. The van der Waals surface area contributed by atoms with Crippen molar-refractivity contribution in [2.24, 2.45) is 0 Å². The van der Waals surface area contributed by atoms with Gasteiger partial charge in [0.05, 0.1) is 23.8 Å². The van der Waals surface area contributed by atoms with Crippen LogP contribution in [-0.4, -0.2) is 18.5 Å². The Hall–Kier alpha value is -3.16. The van der Waals surface area contributed by atoms with E-state index in [1.807, 2.05) is 12.1 Å². The Labute approximate surface area is 142 Å². The number of anilines is 1. The number of carbonyl (C=O) groups excluding carboxylic acids is 2. The Morgan fingerprint density at radius 3 is 2.67 bits per heavy atom. The minimum Gasteiger partial charge on any atom is -0.462 e.